The average Bonchev–Trinajstić information content (AvgIpc) is 2.55. The summed E-state index contributed by atoms with van der Waals surface area (Å²) in [5, 5.41) is 0.676. The molecule has 3 rings (SSSR count). The van der Waals surface area contributed by atoms with Crippen LogP contribution in [-0.4, -0.2) is 35.0 Å². The van der Waals surface area contributed by atoms with Gasteiger partial charge >= 0.3 is 0 Å². The first-order valence-corrected chi connectivity index (χ1v) is 8.43. The largest absolute Gasteiger partial charge is 0.347 e. The van der Waals surface area contributed by atoms with E-state index in [0.717, 1.165) is 5.56 Å². The van der Waals surface area contributed by atoms with Crippen LogP contribution in [0.15, 0.2) is 48.6 Å². The minimum absolute atomic E-state index is 0.0369. The van der Waals surface area contributed by atoms with Gasteiger partial charge in [-0.05, 0) is 62.3 Å². The maximum atomic E-state index is 13.1. The maximum Gasteiger partial charge on any atom is 0.231 e. The Labute approximate surface area is 146 Å². The van der Waals surface area contributed by atoms with Gasteiger partial charge in [0.1, 0.15) is 0 Å². The van der Waals surface area contributed by atoms with E-state index >= 15 is 0 Å². The third-order valence-corrected chi connectivity index (χ3v) is 4.62. The average molecular weight is 346 g/mol. The monoisotopic (exact) mass is 345 g/mol. The van der Waals surface area contributed by atoms with Crippen LogP contribution in [0.4, 0.5) is 0 Å². The molecule has 24 heavy (non-hydrogen) atoms. The number of carbonyl (C=O) groups excluding carboxylic acids is 2. The number of allylic oxidation sites excluding steroid dienone is 2. The summed E-state index contributed by atoms with van der Waals surface area (Å²) in [4.78, 5) is 26.2. The number of benzene rings is 1. The lowest BCUT2D eigenvalue weighted by atomic mass is 9.92. The fourth-order valence-corrected chi connectivity index (χ4v) is 3.35. The first kappa shape index (κ1) is 16.9. The molecule has 1 saturated heterocycles. The Morgan fingerprint density at radius 3 is 2.42 bits per heavy atom. The molecule has 1 aliphatic heterocycles. The summed E-state index contributed by atoms with van der Waals surface area (Å²) in [6, 6.07) is 7.46. The van der Waals surface area contributed by atoms with Crippen LogP contribution >= 0.6 is 11.6 Å². The van der Waals surface area contributed by atoms with Crippen LogP contribution in [-0.2, 0) is 20.7 Å². The van der Waals surface area contributed by atoms with Crippen molar-refractivity contribution in [2.75, 3.05) is 6.61 Å². The minimum atomic E-state index is -0.949. The van der Waals surface area contributed by atoms with E-state index in [2.05, 4.69) is 0 Å². The molecule has 5 heteroatoms. The van der Waals surface area contributed by atoms with Gasteiger partial charge in [0.25, 0.3) is 0 Å². The quantitative estimate of drug-likeness (QED) is 0.845. The molecule has 1 unspecified atom stereocenters. The number of rotatable bonds is 3. The number of amides is 1. The van der Waals surface area contributed by atoms with Gasteiger partial charge in [-0.2, -0.15) is 0 Å². The lowest BCUT2D eigenvalue weighted by molar-refractivity contribution is -0.185. The number of hydrogen-bond donors (Lipinski definition) is 0. The molecule has 1 atom stereocenters. The van der Waals surface area contributed by atoms with E-state index in [1.165, 1.54) is 12.2 Å². The SMILES string of the molecule is CC(C)N1C(=O)C(Cc2ccc(Cl)cc2)COC12C=CC(=O)C=C2. The highest BCUT2D eigenvalue weighted by Gasteiger charge is 2.46. The summed E-state index contributed by atoms with van der Waals surface area (Å²) in [6.07, 6.45) is 6.86. The second kappa shape index (κ2) is 6.54. The lowest BCUT2D eigenvalue weighted by Gasteiger charge is -2.48. The zero-order valence-electron chi connectivity index (χ0n) is 13.7. The predicted octanol–water partition coefficient (Wildman–Crippen LogP) is 3.16. The highest BCUT2D eigenvalue weighted by molar-refractivity contribution is 6.30. The Bertz CT molecular complexity index is 690. The van der Waals surface area contributed by atoms with Crippen LogP contribution in [0, 0.1) is 5.92 Å². The number of nitrogens with zero attached hydrogens (tertiary/aromatic N) is 1. The normalized spacial score (nSPS) is 22.7. The smallest absolute Gasteiger partial charge is 0.231 e. The van der Waals surface area contributed by atoms with Gasteiger partial charge in [-0.3, -0.25) is 9.59 Å². The van der Waals surface area contributed by atoms with E-state index in [1.54, 1.807) is 17.1 Å². The van der Waals surface area contributed by atoms with Gasteiger partial charge in [0.05, 0.1) is 12.5 Å². The molecule has 0 saturated carbocycles. The zero-order chi connectivity index (χ0) is 17.3. The van der Waals surface area contributed by atoms with Gasteiger partial charge in [0, 0.05) is 11.1 Å². The van der Waals surface area contributed by atoms with Crippen LogP contribution in [0.3, 0.4) is 0 Å². The standard InChI is InChI=1S/C19H20ClNO3/c1-13(2)21-18(23)15(11-14-3-5-16(20)6-4-14)12-24-19(21)9-7-17(22)8-10-19/h3-10,13,15H,11-12H2,1-2H3. The summed E-state index contributed by atoms with van der Waals surface area (Å²) in [5.41, 5.74) is 0.0984. The summed E-state index contributed by atoms with van der Waals surface area (Å²) < 4.78 is 6.06. The molecule has 1 aliphatic carbocycles. The molecule has 0 bridgehead atoms. The van der Waals surface area contributed by atoms with Crippen molar-refractivity contribution in [1.82, 2.24) is 4.90 Å². The van der Waals surface area contributed by atoms with Crippen molar-refractivity contribution in [3.05, 3.63) is 59.2 Å². The van der Waals surface area contributed by atoms with Crippen molar-refractivity contribution < 1.29 is 14.3 Å². The van der Waals surface area contributed by atoms with Gasteiger partial charge in [0.15, 0.2) is 11.5 Å². The second-order valence-corrected chi connectivity index (χ2v) is 6.90. The van der Waals surface area contributed by atoms with Crippen molar-refractivity contribution in [2.24, 2.45) is 5.92 Å². The topological polar surface area (TPSA) is 46.6 Å². The fourth-order valence-electron chi connectivity index (χ4n) is 3.22. The van der Waals surface area contributed by atoms with Gasteiger partial charge in [-0.15, -0.1) is 0 Å². The van der Waals surface area contributed by atoms with E-state index in [9.17, 15) is 9.59 Å². The second-order valence-electron chi connectivity index (χ2n) is 6.46. The van der Waals surface area contributed by atoms with Gasteiger partial charge in [0.2, 0.25) is 5.91 Å². The first-order chi connectivity index (χ1) is 11.4. The van der Waals surface area contributed by atoms with Gasteiger partial charge in [-0.25, -0.2) is 0 Å². The first-order valence-electron chi connectivity index (χ1n) is 8.05. The molecule has 0 N–H and O–H groups in total. The molecule has 1 spiro atoms. The Morgan fingerprint density at radius 2 is 1.83 bits per heavy atom. The molecule has 0 aromatic heterocycles. The molecular weight excluding hydrogens is 326 g/mol. The van der Waals surface area contributed by atoms with Gasteiger partial charge in [-0.1, -0.05) is 23.7 Å². The fraction of sp³-hybridized carbons (Fsp3) is 0.368. The molecule has 0 radical (unpaired) electrons. The summed E-state index contributed by atoms with van der Waals surface area (Å²) in [6.45, 7) is 4.21. The van der Waals surface area contributed by atoms with Crippen LogP contribution in [0.1, 0.15) is 19.4 Å². The third-order valence-electron chi connectivity index (χ3n) is 4.36. The van der Waals surface area contributed by atoms with Crippen molar-refractivity contribution in [2.45, 2.75) is 32.0 Å². The molecule has 1 heterocycles. The van der Waals surface area contributed by atoms with Crippen LogP contribution in [0.2, 0.25) is 5.02 Å². The summed E-state index contributed by atoms with van der Waals surface area (Å²) in [7, 11) is 0. The highest BCUT2D eigenvalue weighted by atomic mass is 35.5. The molecule has 2 aliphatic rings. The Hall–Kier alpha value is -1.91. The van der Waals surface area contributed by atoms with E-state index < -0.39 is 5.72 Å². The summed E-state index contributed by atoms with van der Waals surface area (Å²) >= 11 is 5.91. The van der Waals surface area contributed by atoms with Crippen molar-refractivity contribution >= 4 is 23.3 Å². The van der Waals surface area contributed by atoms with Crippen molar-refractivity contribution in [1.29, 1.82) is 0 Å². The van der Waals surface area contributed by atoms with E-state index in [4.69, 9.17) is 16.3 Å². The molecule has 4 nitrogen and oxygen atoms in total. The minimum Gasteiger partial charge on any atom is -0.347 e. The Balaban J connectivity index is 1.83. The molecular formula is C19H20ClNO3. The Kier molecular flexibility index (Phi) is 4.61. The van der Waals surface area contributed by atoms with E-state index in [-0.39, 0.29) is 23.7 Å². The lowest BCUT2D eigenvalue weighted by Crippen LogP contribution is -2.61. The number of carbonyl (C=O) groups is 2. The van der Waals surface area contributed by atoms with Crippen LogP contribution in [0.5, 0.6) is 0 Å². The molecule has 1 aromatic carbocycles. The molecule has 1 fully saturated rings. The zero-order valence-corrected chi connectivity index (χ0v) is 14.5. The number of ether oxygens (including phenoxy) is 1. The molecule has 1 aromatic rings. The predicted molar refractivity (Wildman–Crippen MR) is 92.6 cm³/mol. The van der Waals surface area contributed by atoms with E-state index in [1.807, 2.05) is 38.1 Å². The molecule has 126 valence electrons. The van der Waals surface area contributed by atoms with Crippen LogP contribution in [0.25, 0.3) is 0 Å². The van der Waals surface area contributed by atoms with Crippen molar-refractivity contribution in [3.63, 3.8) is 0 Å². The third kappa shape index (κ3) is 3.17. The number of hydrogen-bond acceptors (Lipinski definition) is 3. The Morgan fingerprint density at radius 1 is 1.21 bits per heavy atom. The molecule has 1 amide bonds. The summed E-state index contributed by atoms with van der Waals surface area (Å²) in [5.74, 6) is -0.308. The number of ketones is 1. The highest BCUT2D eigenvalue weighted by Crippen LogP contribution is 2.34. The maximum absolute atomic E-state index is 13.1. The van der Waals surface area contributed by atoms with Crippen molar-refractivity contribution in [3.8, 4) is 0 Å². The van der Waals surface area contributed by atoms with Crippen LogP contribution < -0.4 is 0 Å². The van der Waals surface area contributed by atoms with Gasteiger partial charge < -0.3 is 9.64 Å². The van der Waals surface area contributed by atoms with E-state index in [0.29, 0.717) is 18.1 Å². The number of halogens is 1.